The molecule has 0 aromatic carbocycles. The van der Waals surface area contributed by atoms with Crippen molar-refractivity contribution in [2.75, 3.05) is 40.9 Å². The number of nitrogens with one attached hydrogen (secondary N) is 1. The number of hydrogen-bond donors (Lipinski definition) is 2. The van der Waals surface area contributed by atoms with Crippen LogP contribution in [0, 0.1) is 0 Å². The Labute approximate surface area is 486 Å². The Kier molecular flexibility index (Phi) is 58.0. The number of rotatable bonds is 64. The van der Waals surface area contributed by atoms with Crippen LogP contribution >= 0.6 is 7.82 Å². The van der Waals surface area contributed by atoms with Gasteiger partial charge in [0, 0.05) is 12.8 Å². The summed E-state index contributed by atoms with van der Waals surface area (Å²) in [7, 11) is 1.52. The van der Waals surface area contributed by atoms with Crippen LogP contribution in [-0.2, 0) is 27.9 Å². The SMILES string of the molecule is CCCCCCCCCCCCC/C=C\C(OC(=O)CCCCCCCCCCCCCCCCCCCCCCCCCCC)C(COP(=O)(O)OCC[N+](C)(C)C)NC(=O)CCCCCCCCCCCCCCCC. The fourth-order valence-electron chi connectivity index (χ4n) is 10.7. The molecular weight excluding hydrogens is 988 g/mol. The van der Waals surface area contributed by atoms with Gasteiger partial charge in [-0.25, -0.2) is 4.57 Å². The number of phosphoric ester groups is 1. The first kappa shape index (κ1) is 76.8. The lowest BCUT2D eigenvalue weighted by Gasteiger charge is -2.27. The summed E-state index contributed by atoms with van der Waals surface area (Å²) < 4.78 is 30.8. The number of unbranched alkanes of at least 4 members (excludes halogenated alkanes) is 48. The Morgan fingerprint density at radius 1 is 0.436 bits per heavy atom. The molecule has 78 heavy (non-hydrogen) atoms. The first-order valence-electron chi connectivity index (χ1n) is 34.5. The van der Waals surface area contributed by atoms with Crippen molar-refractivity contribution >= 4 is 19.7 Å². The minimum atomic E-state index is -4.44. The summed E-state index contributed by atoms with van der Waals surface area (Å²) in [6, 6.07) is -0.840. The summed E-state index contributed by atoms with van der Waals surface area (Å²) in [5.74, 6) is -0.479. The van der Waals surface area contributed by atoms with Crippen molar-refractivity contribution in [3.63, 3.8) is 0 Å². The third kappa shape index (κ3) is 59.4. The van der Waals surface area contributed by atoms with Gasteiger partial charge >= 0.3 is 13.8 Å². The smallest absolute Gasteiger partial charge is 0.456 e. The first-order valence-corrected chi connectivity index (χ1v) is 36.0. The van der Waals surface area contributed by atoms with Gasteiger partial charge in [0.2, 0.25) is 5.91 Å². The quantitative estimate of drug-likeness (QED) is 0.0205. The molecule has 0 aromatic heterocycles. The highest BCUT2D eigenvalue weighted by Gasteiger charge is 2.30. The zero-order valence-electron chi connectivity index (χ0n) is 53.2. The van der Waals surface area contributed by atoms with Gasteiger partial charge in [0.25, 0.3) is 0 Å². The van der Waals surface area contributed by atoms with E-state index in [1.807, 2.05) is 27.2 Å². The molecule has 0 saturated carbocycles. The average Bonchev–Trinajstić information content (AvgIpc) is 3.40. The minimum absolute atomic E-state index is 0.0459. The van der Waals surface area contributed by atoms with E-state index in [-0.39, 0.29) is 25.1 Å². The van der Waals surface area contributed by atoms with E-state index < -0.39 is 20.0 Å². The Morgan fingerprint density at radius 3 is 1.05 bits per heavy atom. The van der Waals surface area contributed by atoms with E-state index in [2.05, 4.69) is 32.2 Å². The van der Waals surface area contributed by atoms with Crippen LogP contribution in [0.3, 0.4) is 0 Å². The van der Waals surface area contributed by atoms with E-state index in [1.165, 1.54) is 270 Å². The summed E-state index contributed by atoms with van der Waals surface area (Å²) in [5, 5.41) is 3.07. The first-order chi connectivity index (χ1) is 37.9. The highest BCUT2D eigenvalue weighted by molar-refractivity contribution is 7.47. The van der Waals surface area contributed by atoms with Crippen LogP contribution in [0.15, 0.2) is 12.2 Å². The molecule has 1 amide bonds. The number of phosphoric acid groups is 1. The van der Waals surface area contributed by atoms with Gasteiger partial charge in [0.05, 0.1) is 33.8 Å². The molecule has 0 aliphatic heterocycles. The number of carbonyl (C=O) groups is 2. The molecule has 2 N–H and O–H groups in total. The summed E-state index contributed by atoms with van der Waals surface area (Å²) in [4.78, 5) is 37.8. The predicted molar refractivity (Wildman–Crippen MR) is 337 cm³/mol. The molecule has 0 rings (SSSR count). The molecule has 0 radical (unpaired) electrons. The summed E-state index contributed by atoms with van der Waals surface area (Å²) in [6.45, 7) is 7.08. The lowest BCUT2D eigenvalue weighted by molar-refractivity contribution is -0.870. The predicted octanol–water partition coefficient (Wildman–Crippen LogP) is 21.5. The monoisotopic (exact) mass is 1120 g/mol. The van der Waals surface area contributed by atoms with Gasteiger partial charge in [-0.3, -0.25) is 18.6 Å². The lowest BCUT2D eigenvalue weighted by atomic mass is 10.0. The molecule has 0 heterocycles. The van der Waals surface area contributed by atoms with Crippen molar-refractivity contribution in [3.05, 3.63) is 12.2 Å². The van der Waals surface area contributed by atoms with Gasteiger partial charge in [-0.1, -0.05) is 329 Å². The van der Waals surface area contributed by atoms with Gasteiger partial charge in [-0.2, -0.15) is 0 Å². The van der Waals surface area contributed by atoms with Gasteiger partial charge in [0.1, 0.15) is 19.3 Å². The number of hydrogen-bond acceptors (Lipinski definition) is 6. The number of likely N-dealkylation sites (N-methyl/N-ethyl adjacent to an activating group) is 1. The fourth-order valence-corrected chi connectivity index (χ4v) is 11.4. The number of carbonyl (C=O) groups excluding carboxylic acids is 2. The zero-order chi connectivity index (χ0) is 57.2. The second-order valence-corrected chi connectivity index (χ2v) is 26.5. The average molecular weight is 1120 g/mol. The van der Waals surface area contributed by atoms with Crippen LogP contribution < -0.4 is 5.32 Å². The van der Waals surface area contributed by atoms with Crippen LogP contribution in [0.5, 0.6) is 0 Å². The van der Waals surface area contributed by atoms with Crippen molar-refractivity contribution in [1.82, 2.24) is 5.32 Å². The molecule has 0 spiro atoms. The second-order valence-electron chi connectivity index (χ2n) is 25.1. The Hall–Kier alpha value is -1.25. The summed E-state index contributed by atoms with van der Waals surface area (Å²) in [5.41, 5.74) is 0. The number of ether oxygens (including phenoxy) is 1. The third-order valence-electron chi connectivity index (χ3n) is 16.0. The van der Waals surface area contributed by atoms with Gasteiger partial charge in [-0.15, -0.1) is 0 Å². The molecule has 0 bridgehead atoms. The van der Waals surface area contributed by atoms with E-state index in [0.29, 0.717) is 23.9 Å². The van der Waals surface area contributed by atoms with Crippen molar-refractivity contribution < 1.29 is 37.3 Å². The third-order valence-corrected chi connectivity index (χ3v) is 17.0. The minimum Gasteiger partial charge on any atom is -0.456 e. The number of esters is 1. The number of amides is 1. The van der Waals surface area contributed by atoms with E-state index >= 15 is 0 Å². The maximum atomic E-state index is 13.6. The molecule has 10 heteroatoms. The molecule has 0 fully saturated rings. The number of quaternary nitrogens is 1. The molecule has 0 aliphatic carbocycles. The molecule has 0 saturated heterocycles. The van der Waals surface area contributed by atoms with Crippen LogP contribution in [0.2, 0.25) is 0 Å². The largest absolute Gasteiger partial charge is 0.472 e. The van der Waals surface area contributed by atoms with E-state index in [0.717, 1.165) is 57.8 Å². The van der Waals surface area contributed by atoms with Crippen molar-refractivity contribution in [3.8, 4) is 0 Å². The van der Waals surface area contributed by atoms with Crippen LogP contribution in [0.25, 0.3) is 0 Å². The number of allylic oxidation sites excluding steroid dienone is 1. The maximum Gasteiger partial charge on any atom is 0.472 e. The van der Waals surface area contributed by atoms with Crippen LogP contribution in [-0.4, -0.2) is 74.3 Å². The van der Waals surface area contributed by atoms with Crippen molar-refractivity contribution in [2.24, 2.45) is 0 Å². The zero-order valence-corrected chi connectivity index (χ0v) is 54.1. The Bertz CT molecular complexity index is 1340. The molecule has 464 valence electrons. The van der Waals surface area contributed by atoms with Crippen LogP contribution in [0.4, 0.5) is 0 Å². The van der Waals surface area contributed by atoms with Crippen molar-refractivity contribution in [1.29, 1.82) is 0 Å². The van der Waals surface area contributed by atoms with E-state index in [9.17, 15) is 19.0 Å². The van der Waals surface area contributed by atoms with Crippen molar-refractivity contribution in [2.45, 2.75) is 373 Å². The molecule has 3 atom stereocenters. The highest BCUT2D eigenvalue weighted by Crippen LogP contribution is 2.43. The van der Waals surface area contributed by atoms with E-state index in [4.69, 9.17) is 13.8 Å². The van der Waals surface area contributed by atoms with Crippen LogP contribution in [0.1, 0.15) is 361 Å². The normalized spacial score (nSPS) is 13.6. The molecule has 3 unspecified atom stereocenters. The Morgan fingerprint density at radius 2 is 0.731 bits per heavy atom. The van der Waals surface area contributed by atoms with Gasteiger partial charge < -0.3 is 19.4 Å². The maximum absolute atomic E-state index is 13.6. The standard InChI is InChI=1S/C68H135N2O7P/c1-7-10-13-16-19-22-25-28-30-31-32-33-34-35-36-37-38-39-40-43-46-49-52-55-58-61-68(72)77-66(59-56-53-50-47-44-41-27-24-21-18-15-12-9-3)65(64-76-78(73,74)75-63-62-70(4,5)6)69-67(71)60-57-54-51-48-45-42-29-26-23-20-17-14-11-8-2/h56,59,65-66H,7-55,57-58,60-64H2,1-6H3,(H-,69,71,73,74)/p+1/b59-56-. The molecule has 0 aliphatic rings. The highest BCUT2D eigenvalue weighted by atomic mass is 31.2. The molecule has 9 nitrogen and oxygen atoms in total. The fraction of sp³-hybridized carbons (Fsp3) is 0.941. The second kappa shape index (κ2) is 58.9. The van der Waals surface area contributed by atoms with Gasteiger partial charge in [-0.05, 0) is 31.8 Å². The Balaban J connectivity index is 5.02. The molecular formula is C68H136N2O7P+. The lowest BCUT2D eigenvalue weighted by Crippen LogP contribution is -2.47. The summed E-state index contributed by atoms with van der Waals surface area (Å²) in [6.07, 6.45) is 69.4. The number of nitrogens with zero attached hydrogens (tertiary/aromatic N) is 1. The van der Waals surface area contributed by atoms with Gasteiger partial charge in [0.15, 0.2) is 0 Å². The summed E-state index contributed by atoms with van der Waals surface area (Å²) >= 11 is 0. The molecule has 0 aromatic rings. The van der Waals surface area contributed by atoms with E-state index in [1.54, 1.807) is 0 Å². The topological polar surface area (TPSA) is 111 Å².